The third kappa shape index (κ3) is 2.81. The molecule has 1 aromatic heterocycles. The zero-order valence-corrected chi connectivity index (χ0v) is 10.6. The Hall–Kier alpha value is -0.838. The molecule has 1 nitrogen and oxygen atoms in total. The van der Waals surface area contributed by atoms with Gasteiger partial charge < -0.3 is 0 Å². The second-order valence-electron chi connectivity index (χ2n) is 4.43. The first-order chi connectivity index (χ1) is 7.25. The molecule has 0 N–H and O–H groups in total. The van der Waals surface area contributed by atoms with E-state index in [4.69, 9.17) is 0 Å². The van der Waals surface area contributed by atoms with Crippen LogP contribution in [0.1, 0.15) is 5.69 Å². The molecule has 0 fully saturated rings. The zero-order valence-electron chi connectivity index (χ0n) is 9.40. The molecule has 0 amide bonds. The fourth-order valence-electron chi connectivity index (χ4n) is 1.68. The van der Waals surface area contributed by atoms with Crippen LogP contribution in [0.4, 0.5) is 0 Å². The Balaban J connectivity index is 2.23. The average Bonchev–Trinajstić information content (AvgIpc) is 2.26. The molecular weight excluding hydrogens is 197 g/mol. The number of hydrogen-bond acceptors (Lipinski definition) is 1. The number of fused-ring (bicyclic) bond motifs is 1. The Labute approximate surface area is 95.5 Å². The van der Waals surface area contributed by atoms with E-state index in [1.54, 1.807) is 0 Å². The summed E-state index contributed by atoms with van der Waals surface area (Å²) < 4.78 is 0. The van der Waals surface area contributed by atoms with Gasteiger partial charge in [0.2, 0.25) is 0 Å². The van der Waals surface area contributed by atoms with Gasteiger partial charge in [0.25, 0.3) is 14.1 Å². The summed E-state index contributed by atoms with van der Waals surface area (Å²) in [4.78, 5) is 4.67. The van der Waals surface area contributed by atoms with Crippen molar-refractivity contribution in [3.8, 4) is 0 Å². The van der Waals surface area contributed by atoms with Crippen LogP contribution < -0.4 is 0 Å². The molecule has 2 rings (SSSR count). The van der Waals surface area contributed by atoms with E-state index in [2.05, 4.69) is 53.0 Å². The van der Waals surface area contributed by atoms with E-state index in [0.717, 1.165) is 11.9 Å². The first-order valence-electron chi connectivity index (χ1n) is 5.60. The highest BCUT2D eigenvalue weighted by Crippen LogP contribution is 2.13. The van der Waals surface area contributed by atoms with Crippen molar-refractivity contribution in [1.82, 2.24) is 4.98 Å². The van der Waals surface area contributed by atoms with Gasteiger partial charge in [-0.1, -0.05) is 29.5 Å². The molecular formula is C13H16AlN. The molecule has 0 radical (unpaired) electrons. The largest absolute Gasteiger partial charge is 0.255 e. The number of aryl methyl sites for hydroxylation is 1. The molecule has 2 aromatic rings. The van der Waals surface area contributed by atoms with E-state index in [-0.39, 0.29) is 0 Å². The van der Waals surface area contributed by atoms with Crippen molar-refractivity contribution < 1.29 is 0 Å². The van der Waals surface area contributed by atoms with E-state index in [9.17, 15) is 0 Å². The Morgan fingerprint density at radius 3 is 2.67 bits per heavy atom. The molecule has 0 spiro atoms. The molecule has 1 aromatic carbocycles. The molecule has 0 aliphatic heterocycles. The highest BCUT2D eigenvalue weighted by atomic mass is 27.2. The molecule has 0 atom stereocenters. The topological polar surface area (TPSA) is 12.9 Å². The van der Waals surface area contributed by atoms with Gasteiger partial charge in [-0.15, -0.1) is 11.6 Å². The minimum atomic E-state index is -0.442. The van der Waals surface area contributed by atoms with Gasteiger partial charge in [-0.2, -0.15) is 0 Å². The van der Waals surface area contributed by atoms with E-state index in [1.165, 1.54) is 16.4 Å². The van der Waals surface area contributed by atoms with Crippen molar-refractivity contribution in [3.63, 3.8) is 0 Å². The minimum absolute atomic E-state index is 0.442. The third-order valence-electron chi connectivity index (χ3n) is 2.63. The summed E-state index contributed by atoms with van der Waals surface area (Å²) in [5.74, 6) is 4.78. The zero-order chi connectivity index (χ0) is 10.7. The highest BCUT2D eigenvalue weighted by molar-refractivity contribution is 6.55. The predicted octanol–water partition coefficient (Wildman–Crippen LogP) is 3.53. The van der Waals surface area contributed by atoms with Crippen LogP contribution in [0.25, 0.3) is 10.9 Å². The summed E-state index contributed by atoms with van der Waals surface area (Å²) in [6.45, 7) is 0. The Kier molecular flexibility index (Phi) is 3.41. The number of benzene rings is 1. The molecule has 0 unspecified atom stereocenters. The lowest BCUT2D eigenvalue weighted by atomic mass is 10.2. The molecule has 2 heteroatoms. The lowest BCUT2D eigenvalue weighted by Gasteiger charge is -2.03. The SMILES string of the molecule is [CH3][Al]([CH3])[CH2]Cc1ccc2ccccc2n1. The van der Waals surface area contributed by atoms with Gasteiger partial charge >= 0.3 is 0 Å². The maximum Gasteiger partial charge on any atom is 0.255 e. The van der Waals surface area contributed by atoms with Crippen LogP contribution in [-0.2, 0) is 6.42 Å². The summed E-state index contributed by atoms with van der Waals surface area (Å²) in [5.41, 5.74) is 2.37. The van der Waals surface area contributed by atoms with Crippen LogP contribution in [0.3, 0.4) is 0 Å². The van der Waals surface area contributed by atoms with Gasteiger partial charge in [0.1, 0.15) is 0 Å². The molecule has 0 aliphatic carbocycles. The predicted molar refractivity (Wildman–Crippen MR) is 67.7 cm³/mol. The molecule has 0 bridgehead atoms. The van der Waals surface area contributed by atoms with Gasteiger partial charge in [-0.3, -0.25) is 4.98 Å². The number of aromatic nitrogens is 1. The minimum Gasteiger partial charge on any atom is -0.253 e. The standard InChI is InChI=1S/C11H10N.2CH3.Al/c1-2-10-8-7-9-5-3-4-6-11(9)12-10;;;/h3-8H,1-2H2;2*1H3;. The molecule has 15 heavy (non-hydrogen) atoms. The van der Waals surface area contributed by atoms with Crippen LogP contribution in [-0.4, -0.2) is 19.1 Å². The van der Waals surface area contributed by atoms with Crippen LogP contribution in [0.15, 0.2) is 36.4 Å². The summed E-state index contributed by atoms with van der Waals surface area (Å²) in [5, 5.41) is 2.59. The van der Waals surface area contributed by atoms with Crippen molar-refractivity contribution >= 4 is 25.1 Å². The number of hydrogen-bond donors (Lipinski definition) is 0. The second-order valence-corrected chi connectivity index (χ2v) is 7.79. The van der Waals surface area contributed by atoms with Crippen LogP contribution >= 0.6 is 0 Å². The summed E-state index contributed by atoms with van der Waals surface area (Å²) >= 11 is -0.442. The monoisotopic (exact) mass is 213 g/mol. The summed E-state index contributed by atoms with van der Waals surface area (Å²) in [6.07, 6.45) is 1.15. The molecule has 1 heterocycles. The van der Waals surface area contributed by atoms with Crippen molar-refractivity contribution in [2.24, 2.45) is 0 Å². The molecule has 76 valence electrons. The van der Waals surface area contributed by atoms with Crippen molar-refractivity contribution in [1.29, 1.82) is 0 Å². The van der Waals surface area contributed by atoms with Crippen LogP contribution in [0, 0.1) is 0 Å². The van der Waals surface area contributed by atoms with Crippen molar-refractivity contribution in [2.45, 2.75) is 23.3 Å². The summed E-state index contributed by atoms with van der Waals surface area (Å²) in [6, 6.07) is 12.7. The molecule has 0 aliphatic rings. The Morgan fingerprint density at radius 2 is 1.87 bits per heavy atom. The van der Waals surface area contributed by atoms with Crippen LogP contribution in [0.2, 0.25) is 16.9 Å². The average molecular weight is 213 g/mol. The molecule has 0 saturated carbocycles. The third-order valence-corrected chi connectivity index (χ3v) is 4.08. The second kappa shape index (κ2) is 4.79. The number of nitrogens with zero attached hydrogens (tertiary/aromatic N) is 1. The van der Waals surface area contributed by atoms with Gasteiger partial charge in [0.05, 0.1) is 5.52 Å². The number of rotatable bonds is 3. The maximum absolute atomic E-state index is 4.67. The van der Waals surface area contributed by atoms with E-state index in [0.29, 0.717) is 0 Å². The lowest BCUT2D eigenvalue weighted by Crippen LogP contribution is -2.02. The number of para-hydroxylation sites is 1. The van der Waals surface area contributed by atoms with Gasteiger partial charge in [0.15, 0.2) is 0 Å². The molecule has 0 saturated heterocycles. The summed E-state index contributed by atoms with van der Waals surface area (Å²) in [7, 11) is 0. The smallest absolute Gasteiger partial charge is 0.253 e. The van der Waals surface area contributed by atoms with Crippen LogP contribution in [0.5, 0.6) is 0 Å². The van der Waals surface area contributed by atoms with Crippen molar-refractivity contribution in [2.75, 3.05) is 0 Å². The normalized spacial score (nSPS) is 10.5. The Bertz CT molecular complexity index is 451. The van der Waals surface area contributed by atoms with E-state index >= 15 is 0 Å². The highest BCUT2D eigenvalue weighted by Gasteiger charge is 2.03. The fraction of sp³-hybridized carbons (Fsp3) is 0.308. The van der Waals surface area contributed by atoms with Gasteiger partial charge in [0, 0.05) is 11.1 Å². The van der Waals surface area contributed by atoms with E-state index in [1.807, 2.05) is 0 Å². The first-order valence-corrected chi connectivity index (χ1v) is 8.73. The first kappa shape index (κ1) is 10.7. The van der Waals surface area contributed by atoms with E-state index < -0.39 is 14.1 Å². The van der Waals surface area contributed by atoms with Gasteiger partial charge in [-0.05, 0) is 18.6 Å². The van der Waals surface area contributed by atoms with Crippen molar-refractivity contribution in [3.05, 3.63) is 42.1 Å². The number of pyridine rings is 1. The fourth-order valence-corrected chi connectivity index (χ4v) is 2.56. The quantitative estimate of drug-likeness (QED) is 0.711. The van der Waals surface area contributed by atoms with Gasteiger partial charge in [-0.25, -0.2) is 0 Å². The lowest BCUT2D eigenvalue weighted by molar-refractivity contribution is 1.04. The Morgan fingerprint density at radius 1 is 1.07 bits per heavy atom. The maximum atomic E-state index is 4.67.